The van der Waals surface area contributed by atoms with Gasteiger partial charge in [-0.3, -0.25) is 14.3 Å². The molecule has 0 atom stereocenters. The standard InChI is InChI=1S/C23H17N3O/c27-23-20-5-1-2-6-22(20)25-15-26(23)14-16-8-10-17(11-9-16)19-12-18-4-3-7-21(18)24-13-19/h1-6,8-13,15H,7,14H2. The molecule has 4 aromatic rings. The van der Waals surface area contributed by atoms with Gasteiger partial charge in [-0.05, 0) is 34.9 Å². The lowest BCUT2D eigenvalue weighted by atomic mass is 10.0. The minimum atomic E-state index is -0.0146. The summed E-state index contributed by atoms with van der Waals surface area (Å²) in [5.74, 6) is 0. The van der Waals surface area contributed by atoms with Crippen molar-refractivity contribution < 1.29 is 0 Å². The molecular weight excluding hydrogens is 334 g/mol. The molecule has 0 radical (unpaired) electrons. The molecule has 4 heteroatoms. The summed E-state index contributed by atoms with van der Waals surface area (Å²) in [6.07, 6.45) is 8.73. The molecule has 0 spiro atoms. The van der Waals surface area contributed by atoms with Gasteiger partial charge in [-0.1, -0.05) is 48.6 Å². The van der Waals surface area contributed by atoms with Crippen molar-refractivity contribution in [3.05, 3.63) is 100 Å². The molecule has 0 amide bonds. The summed E-state index contributed by atoms with van der Waals surface area (Å²) in [6.45, 7) is 0.502. The highest BCUT2D eigenvalue weighted by Gasteiger charge is 2.09. The second kappa shape index (κ2) is 6.32. The zero-order chi connectivity index (χ0) is 18.2. The zero-order valence-electron chi connectivity index (χ0n) is 14.7. The Kier molecular flexibility index (Phi) is 3.68. The van der Waals surface area contributed by atoms with E-state index in [9.17, 15) is 4.79 Å². The smallest absolute Gasteiger partial charge is 0.261 e. The quantitative estimate of drug-likeness (QED) is 0.559. The molecule has 0 bridgehead atoms. The molecule has 2 aromatic carbocycles. The third kappa shape index (κ3) is 2.85. The van der Waals surface area contributed by atoms with E-state index in [-0.39, 0.29) is 5.56 Å². The maximum Gasteiger partial charge on any atom is 0.261 e. The van der Waals surface area contributed by atoms with E-state index in [1.165, 1.54) is 5.56 Å². The molecule has 0 aliphatic heterocycles. The van der Waals surface area contributed by atoms with Crippen LogP contribution in [-0.4, -0.2) is 14.5 Å². The normalized spacial score (nSPS) is 12.4. The van der Waals surface area contributed by atoms with E-state index in [1.54, 1.807) is 10.9 Å². The number of fused-ring (bicyclic) bond motifs is 2. The highest BCUT2D eigenvalue weighted by molar-refractivity contribution is 5.77. The number of aromatic nitrogens is 3. The predicted molar refractivity (Wildman–Crippen MR) is 108 cm³/mol. The summed E-state index contributed by atoms with van der Waals surface area (Å²) >= 11 is 0. The summed E-state index contributed by atoms with van der Waals surface area (Å²) in [5.41, 5.74) is 6.34. The summed E-state index contributed by atoms with van der Waals surface area (Å²) in [5, 5.41) is 0.647. The van der Waals surface area contributed by atoms with Gasteiger partial charge in [-0.25, -0.2) is 4.98 Å². The van der Waals surface area contributed by atoms with Crippen molar-refractivity contribution in [2.24, 2.45) is 0 Å². The second-order valence-corrected chi connectivity index (χ2v) is 6.76. The van der Waals surface area contributed by atoms with Gasteiger partial charge < -0.3 is 0 Å². The van der Waals surface area contributed by atoms with Crippen LogP contribution in [0, 0.1) is 0 Å². The molecule has 1 aliphatic carbocycles. The topological polar surface area (TPSA) is 47.8 Å². The van der Waals surface area contributed by atoms with Gasteiger partial charge >= 0.3 is 0 Å². The Hall–Kier alpha value is -3.53. The number of rotatable bonds is 3. The van der Waals surface area contributed by atoms with Crippen LogP contribution in [-0.2, 0) is 13.0 Å². The predicted octanol–water partition coefficient (Wildman–Crippen LogP) is 4.08. The van der Waals surface area contributed by atoms with Crippen LogP contribution in [0.25, 0.3) is 28.1 Å². The van der Waals surface area contributed by atoms with Crippen LogP contribution in [0.15, 0.2) is 78.0 Å². The van der Waals surface area contributed by atoms with Crippen LogP contribution in [0.5, 0.6) is 0 Å². The monoisotopic (exact) mass is 351 g/mol. The van der Waals surface area contributed by atoms with Crippen LogP contribution < -0.4 is 5.56 Å². The van der Waals surface area contributed by atoms with E-state index < -0.39 is 0 Å². The maximum absolute atomic E-state index is 12.6. The fourth-order valence-corrected chi connectivity index (χ4v) is 3.50. The third-order valence-corrected chi connectivity index (χ3v) is 4.98. The lowest BCUT2D eigenvalue weighted by molar-refractivity contribution is 0.748. The Balaban J connectivity index is 1.43. The molecule has 0 fully saturated rings. The van der Waals surface area contributed by atoms with E-state index in [1.807, 2.05) is 30.5 Å². The highest BCUT2D eigenvalue weighted by atomic mass is 16.1. The van der Waals surface area contributed by atoms with Crippen LogP contribution in [0.3, 0.4) is 0 Å². The molecular formula is C23H17N3O. The van der Waals surface area contributed by atoms with Gasteiger partial charge in [0.05, 0.1) is 29.5 Å². The number of pyridine rings is 1. The fourth-order valence-electron chi connectivity index (χ4n) is 3.50. The molecule has 0 N–H and O–H groups in total. The van der Waals surface area contributed by atoms with Crippen molar-refractivity contribution in [3.63, 3.8) is 0 Å². The summed E-state index contributed by atoms with van der Waals surface area (Å²) in [7, 11) is 0. The van der Waals surface area contributed by atoms with Crippen LogP contribution in [0.1, 0.15) is 16.8 Å². The Morgan fingerprint density at radius 2 is 1.81 bits per heavy atom. The molecule has 5 rings (SSSR count). The molecule has 1 aliphatic rings. The van der Waals surface area contributed by atoms with Gasteiger partial charge in [0.1, 0.15) is 0 Å². The first kappa shape index (κ1) is 15.7. The second-order valence-electron chi connectivity index (χ2n) is 6.76. The van der Waals surface area contributed by atoms with Crippen molar-refractivity contribution in [3.8, 4) is 11.1 Å². The van der Waals surface area contributed by atoms with Crippen molar-refractivity contribution in [1.82, 2.24) is 14.5 Å². The first-order valence-electron chi connectivity index (χ1n) is 8.97. The van der Waals surface area contributed by atoms with E-state index >= 15 is 0 Å². The Labute approximate surface area is 156 Å². The number of nitrogens with zero attached hydrogens (tertiary/aromatic N) is 3. The minimum absolute atomic E-state index is 0.0146. The molecule has 130 valence electrons. The van der Waals surface area contributed by atoms with Gasteiger partial charge in [0.25, 0.3) is 5.56 Å². The molecule has 0 saturated carbocycles. The molecule has 27 heavy (non-hydrogen) atoms. The first-order valence-corrected chi connectivity index (χ1v) is 8.97. The van der Waals surface area contributed by atoms with E-state index in [2.05, 4.69) is 52.5 Å². The Morgan fingerprint density at radius 1 is 0.963 bits per heavy atom. The maximum atomic E-state index is 12.6. The van der Waals surface area contributed by atoms with Gasteiger partial charge in [0.2, 0.25) is 0 Å². The Bertz CT molecular complexity index is 1240. The van der Waals surface area contributed by atoms with E-state index in [4.69, 9.17) is 0 Å². The first-order chi connectivity index (χ1) is 13.3. The minimum Gasteiger partial charge on any atom is -0.294 e. The molecule has 0 saturated heterocycles. The van der Waals surface area contributed by atoms with Gasteiger partial charge in [-0.2, -0.15) is 0 Å². The fraction of sp³-hybridized carbons (Fsp3) is 0.0870. The third-order valence-electron chi connectivity index (χ3n) is 4.98. The van der Waals surface area contributed by atoms with E-state index in [0.29, 0.717) is 11.9 Å². The molecule has 2 aromatic heterocycles. The van der Waals surface area contributed by atoms with Gasteiger partial charge in [-0.15, -0.1) is 0 Å². The largest absolute Gasteiger partial charge is 0.294 e. The summed E-state index contributed by atoms with van der Waals surface area (Å²) < 4.78 is 1.65. The SMILES string of the molecule is O=c1c2ccccc2ncn1Cc1ccc(-c2cnc3c(c2)C=CC3)cc1. The summed E-state index contributed by atoms with van der Waals surface area (Å²) in [6, 6.07) is 17.9. The number of benzene rings is 2. The number of hydrogen-bond acceptors (Lipinski definition) is 3. The average Bonchev–Trinajstić information content (AvgIpc) is 3.19. The molecule has 4 nitrogen and oxygen atoms in total. The van der Waals surface area contributed by atoms with Crippen LogP contribution in [0.4, 0.5) is 0 Å². The van der Waals surface area contributed by atoms with Crippen LogP contribution >= 0.6 is 0 Å². The number of allylic oxidation sites excluding steroid dienone is 1. The zero-order valence-corrected chi connectivity index (χ0v) is 14.7. The lowest BCUT2D eigenvalue weighted by Crippen LogP contribution is -2.21. The van der Waals surface area contributed by atoms with Crippen molar-refractivity contribution in [1.29, 1.82) is 0 Å². The number of hydrogen-bond donors (Lipinski definition) is 0. The highest BCUT2D eigenvalue weighted by Crippen LogP contribution is 2.25. The Morgan fingerprint density at radius 3 is 2.70 bits per heavy atom. The number of para-hydroxylation sites is 1. The van der Waals surface area contributed by atoms with Gasteiger partial charge in [0, 0.05) is 18.2 Å². The average molecular weight is 351 g/mol. The van der Waals surface area contributed by atoms with Crippen molar-refractivity contribution in [2.45, 2.75) is 13.0 Å². The van der Waals surface area contributed by atoms with E-state index in [0.717, 1.165) is 34.3 Å². The van der Waals surface area contributed by atoms with Crippen molar-refractivity contribution >= 4 is 17.0 Å². The molecule has 0 unspecified atom stereocenters. The van der Waals surface area contributed by atoms with Crippen LogP contribution in [0.2, 0.25) is 0 Å². The van der Waals surface area contributed by atoms with Crippen molar-refractivity contribution in [2.75, 3.05) is 0 Å². The lowest BCUT2D eigenvalue weighted by Gasteiger charge is -2.08. The molecule has 2 heterocycles. The van der Waals surface area contributed by atoms with Gasteiger partial charge in [0.15, 0.2) is 0 Å². The summed E-state index contributed by atoms with van der Waals surface area (Å²) in [4.78, 5) is 21.6.